The van der Waals surface area contributed by atoms with Crippen LogP contribution in [0.5, 0.6) is 0 Å². The first-order valence-electron chi connectivity index (χ1n) is 6.79. The molecule has 0 fully saturated rings. The number of thiophene rings is 1. The van der Waals surface area contributed by atoms with E-state index in [0.29, 0.717) is 4.88 Å². The summed E-state index contributed by atoms with van der Waals surface area (Å²) in [6.45, 7) is 0. The maximum atomic E-state index is 12.4. The Kier molecular flexibility index (Phi) is 4.71. The molecule has 0 unspecified atom stereocenters. The van der Waals surface area contributed by atoms with Gasteiger partial charge in [-0.3, -0.25) is 0 Å². The molecule has 0 aliphatic rings. The Morgan fingerprint density at radius 3 is 1.95 bits per heavy atom. The maximum Gasteiger partial charge on any atom is 0.349 e. The summed E-state index contributed by atoms with van der Waals surface area (Å²) in [6, 6.07) is 21.3. The van der Waals surface area contributed by atoms with Crippen LogP contribution in [0.1, 0.15) is 26.9 Å². The molecule has 0 saturated carbocycles. The van der Waals surface area contributed by atoms with Crippen molar-refractivity contribution in [3.05, 3.63) is 92.6 Å². The second-order valence-corrected chi connectivity index (χ2v) is 6.56. The number of ether oxygens (including phenoxy) is 1. The smallest absolute Gasteiger partial charge is 0.349 e. The fourth-order valence-electron chi connectivity index (χ4n) is 2.17. The summed E-state index contributed by atoms with van der Waals surface area (Å²) in [5, 5.41) is 1.87. The zero-order valence-corrected chi connectivity index (χ0v) is 14.0. The second-order valence-electron chi connectivity index (χ2n) is 4.74. The summed E-state index contributed by atoms with van der Waals surface area (Å²) in [7, 11) is 0. The van der Waals surface area contributed by atoms with Crippen LogP contribution in [0.25, 0.3) is 0 Å². The van der Waals surface area contributed by atoms with Crippen molar-refractivity contribution >= 4 is 33.2 Å². The summed E-state index contributed by atoms with van der Waals surface area (Å²) >= 11 is 4.73. The van der Waals surface area contributed by atoms with Gasteiger partial charge in [-0.15, -0.1) is 11.3 Å². The molecule has 0 N–H and O–H groups in total. The Bertz CT molecular complexity index is 714. The molecule has 4 heteroatoms. The molecule has 0 atom stereocenters. The Balaban J connectivity index is 1.91. The minimum atomic E-state index is -0.407. The molecule has 1 heterocycles. The van der Waals surface area contributed by atoms with Crippen LogP contribution in [0, 0.1) is 0 Å². The zero-order valence-electron chi connectivity index (χ0n) is 11.6. The molecule has 22 heavy (non-hydrogen) atoms. The van der Waals surface area contributed by atoms with Crippen molar-refractivity contribution in [3.8, 4) is 0 Å². The van der Waals surface area contributed by atoms with Gasteiger partial charge in [-0.1, -0.05) is 60.7 Å². The Morgan fingerprint density at radius 2 is 1.50 bits per heavy atom. The van der Waals surface area contributed by atoms with Crippen LogP contribution in [-0.4, -0.2) is 5.97 Å². The predicted octanol–water partition coefficient (Wildman–Crippen LogP) is 5.46. The van der Waals surface area contributed by atoms with E-state index in [0.717, 1.165) is 15.6 Å². The van der Waals surface area contributed by atoms with Crippen molar-refractivity contribution in [1.82, 2.24) is 0 Å². The highest BCUT2D eigenvalue weighted by molar-refractivity contribution is 9.10. The monoisotopic (exact) mass is 372 g/mol. The van der Waals surface area contributed by atoms with Gasteiger partial charge < -0.3 is 4.74 Å². The number of rotatable bonds is 4. The summed E-state index contributed by atoms with van der Waals surface area (Å²) in [4.78, 5) is 13.0. The average Bonchev–Trinajstić information content (AvgIpc) is 3.01. The Morgan fingerprint density at radius 1 is 0.955 bits per heavy atom. The first-order chi connectivity index (χ1) is 10.7. The van der Waals surface area contributed by atoms with Crippen molar-refractivity contribution in [2.75, 3.05) is 0 Å². The van der Waals surface area contributed by atoms with Gasteiger partial charge in [-0.2, -0.15) is 0 Å². The molecule has 3 aromatic rings. The molecule has 0 spiro atoms. The third kappa shape index (κ3) is 3.46. The quantitative estimate of drug-likeness (QED) is 0.568. The molecule has 110 valence electrons. The highest BCUT2D eigenvalue weighted by atomic mass is 79.9. The number of benzene rings is 2. The number of hydrogen-bond donors (Lipinski definition) is 0. The van der Waals surface area contributed by atoms with Gasteiger partial charge in [0.15, 0.2) is 6.10 Å². The molecule has 0 radical (unpaired) electrons. The first-order valence-corrected chi connectivity index (χ1v) is 8.46. The molecule has 0 aliphatic carbocycles. The van der Waals surface area contributed by atoms with Crippen LogP contribution in [0.3, 0.4) is 0 Å². The number of carbonyl (C=O) groups is 1. The lowest BCUT2D eigenvalue weighted by Gasteiger charge is -2.18. The lowest BCUT2D eigenvalue weighted by atomic mass is 10.0. The minimum Gasteiger partial charge on any atom is -0.448 e. The maximum absolute atomic E-state index is 12.4. The van der Waals surface area contributed by atoms with Gasteiger partial charge in [0.2, 0.25) is 0 Å². The summed E-state index contributed by atoms with van der Waals surface area (Å²) < 4.78 is 6.66. The number of esters is 1. The SMILES string of the molecule is O=C(OC(c1ccccc1)c1ccccc1)c1cc(Br)cs1. The van der Waals surface area contributed by atoms with Gasteiger partial charge in [0.1, 0.15) is 4.88 Å². The molecule has 1 aromatic heterocycles. The highest BCUT2D eigenvalue weighted by Crippen LogP contribution is 2.28. The third-order valence-corrected chi connectivity index (χ3v) is 4.87. The second kappa shape index (κ2) is 6.90. The summed E-state index contributed by atoms with van der Waals surface area (Å²) in [5.41, 5.74) is 1.91. The molecule has 3 rings (SSSR count). The van der Waals surface area contributed by atoms with Crippen molar-refractivity contribution in [2.45, 2.75) is 6.10 Å². The van der Waals surface area contributed by atoms with E-state index >= 15 is 0 Å². The van der Waals surface area contributed by atoms with Gasteiger partial charge in [-0.05, 0) is 33.1 Å². The normalized spacial score (nSPS) is 10.6. The summed E-state index contributed by atoms with van der Waals surface area (Å²) in [5.74, 6) is -0.312. The van der Waals surface area contributed by atoms with E-state index in [1.165, 1.54) is 11.3 Å². The molecule has 0 amide bonds. The Hall–Kier alpha value is -1.91. The fraction of sp³-hybridized carbons (Fsp3) is 0.0556. The van der Waals surface area contributed by atoms with E-state index < -0.39 is 6.10 Å². The van der Waals surface area contributed by atoms with Gasteiger partial charge in [0.05, 0.1) is 0 Å². The number of hydrogen-bond acceptors (Lipinski definition) is 3. The number of carbonyl (C=O) groups excluding carboxylic acids is 1. The van der Waals surface area contributed by atoms with Crippen molar-refractivity contribution in [3.63, 3.8) is 0 Å². The standard InChI is InChI=1S/C18H13BrO2S/c19-15-11-16(22-12-15)18(20)21-17(13-7-3-1-4-8-13)14-9-5-2-6-10-14/h1-12,17H. The fourth-order valence-corrected chi connectivity index (χ4v) is 3.48. The summed E-state index contributed by atoms with van der Waals surface area (Å²) in [6.07, 6.45) is -0.407. The molecule has 2 aromatic carbocycles. The van der Waals surface area contributed by atoms with Gasteiger partial charge in [0, 0.05) is 9.85 Å². The zero-order chi connectivity index (χ0) is 15.4. The molecule has 2 nitrogen and oxygen atoms in total. The van der Waals surface area contributed by atoms with E-state index in [1.54, 1.807) is 6.07 Å². The van der Waals surface area contributed by atoms with E-state index in [-0.39, 0.29) is 5.97 Å². The lowest BCUT2D eigenvalue weighted by molar-refractivity contribution is 0.0384. The van der Waals surface area contributed by atoms with Crippen LogP contribution < -0.4 is 0 Å². The van der Waals surface area contributed by atoms with Gasteiger partial charge in [-0.25, -0.2) is 4.79 Å². The first kappa shape index (κ1) is 15.0. The molecular formula is C18H13BrO2S. The molecular weight excluding hydrogens is 360 g/mol. The van der Waals surface area contributed by atoms with Crippen LogP contribution in [-0.2, 0) is 4.74 Å². The van der Waals surface area contributed by atoms with Crippen molar-refractivity contribution in [2.24, 2.45) is 0 Å². The Labute approximate surface area is 141 Å². The lowest BCUT2D eigenvalue weighted by Crippen LogP contribution is -2.12. The highest BCUT2D eigenvalue weighted by Gasteiger charge is 2.20. The van der Waals surface area contributed by atoms with E-state index in [2.05, 4.69) is 15.9 Å². The van der Waals surface area contributed by atoms with E-state index in [9.17, 15) is 4.79 Å². The van der Waals surface area contributed by atoms with Crippen molar-refractivity contribution in [1.29, 1.82) is 0 Å². The molecule has 0 saturated heterocycles. The average molecular weight is 373 g/mol. The van der Waals surface area contributed by atoms with Crippen LogP contribution in [0.4, 0.5) is 0 Å². The van der Waals surface area contributed by atoms with Gasteiger partial charge >= 0.3 is 5.97 Å². The largest absolute Gasteiger partial charge is 0.448 e. The van der Waals surface area contributed by atoms with E-state index in [4.69, 9.17) is 4.74 Å². The minimum absolute atomic E-state index is 0.312. The topological polar surface area (TPSA) is 26.3 Å². The predicted molar refractivity (Wildman–Crippen MR) is 92.2 cm³/mol. The third-order valence-electron chi connectivity index (χ3n) is 3.20. The van der Waals surface area contributed by atoms with Crippen molar-refractivity contribution < 1.29 is 9.53 Å². The van der Waals surface area contributed by atoms with Gasteiger partial charge in [0.25, 0.3) is 0 Å². The van der Waals surface area contributed by atoms with Crippen LogP contribution in [0.15, 0.2) is 76.6 Å². The van der Waals surface area contributed by atoms with E-state index in [1.807, 2.05) is 66.0 Å². The molecule has 0 aliphatic heterocycles. The van der Waals surface area contributed by atoms with Crippen LogP contribution in [0.2, 0.25) is 0 Å². The molecule has 0 bridgehead atoms. The van der Waals surface area contributed by atoms with Crippen LogP contribution >= 0.6 is 27.3 Å². The number of halogens is 1.